The fraction of sp³-hybridized carbons (Fsp3) is 0.467. The second-order valence-corrected chi connectivity index (χ2v) is 5.42. The van der Waals surface area contributed by atoms with Crippen LogP contribution in [-0.4, -0.2) is 11.9 Å². The molecule has 0 saturated heterocycles. The summed E-state index contributed by atoms with van der Waals surface area (Å²) in [6, 6.07) is 8.55. The number of benzene rings is 1. The van der Waals surface area contributed by atoms with Crippen molar-refractivity contribution in [2.24, 2.45) is 5.92 Å². The molecule has 1 amide bonds. The van der Waals surface area contributed by atoms with E-state index in [1.807, 2.05) is 0 Å². The minimum atomic E-state index is -0.386. The van der Waals surface area contributed by atoms with E-state index in [2.05, 4.69) is 11.4 Å². The molecule has 2 rings (SSSR count). The molecular weight excluding hydrogens is 260 g/mol. The summed E-state index contributed by atoms with van der Waals surface area (Å²) in [7, 11) is 0. The van der Waals surface area contributed by atoms with Crippen LogP contribution in [0.25, 0.3) is 0 Å². The van der Waals surface area contributed by atoms with Gasteiger partial charge < -0.3 is 5.32 Å². The maximum atomic E-state index is 12.1. The average molecular weight is 277 g/mol. The number of hydrogen-bond donors (Lipinski definition) is 1. The van der Waals surface area contributed by atoms with Gasteiger partial charge in [-0.1, -0.05) is 30.9 Å². The van der Waals surface area contributed by atoms with Gasteiger partial charge in [-0.05, 0) is 43.0 Å². The fourth-order valence-electron chi connectivity index (χ4n) is 2.55. The van der Waals surface area contributed by atoms with Gasteiger partial charge in [0.2, 0.25) is 0 Å². The van der Waals surface area contributed by atoms with Crippen molar-refractivity contribution >= 4 is 17.5 Å². The van der Waals surface area contributed by atoms with Crippen molar-refractivity contribution in [1.82, 2.24) is 5.32 Å². The molecule has 0 radical (unpaired) electrons. The molecular formula is C15H17ClN2O. The third kappa shape index (κ3) is 3.71. The Morgan fingerprint density at radius 2 is 1.89 bits per heavy atom. The van der Waals surface area contributed by atoms with Crippen molar-refractivity contribution in [3.8, 4) is 6.07 Å². The topological polar surface area (TPSA) is 52.9 Å². The number of carbonyl (C=O) groups is 1. The molecule has 1 unspecified atom stereocenters. The molecule has 100 valence electrons. The highest BCUT2D eigenvalue weighted by Gasteiger charge is 2.25. The van der Waals surface area contributed by atoms with Gasteiger partial charge in [0.1, 0.15) is 6.04 Å². The number of nitriles is 1. The van der Waals surface area contributed by atoms with Crippen molar-refractivity contribution in [2.45, 2.75) is 38.1 Å². The monoisotopic (exact) mass is 276 g/mol. The Morgan fingerprint density at radius 1 is 1.26 bits per heavy atom. The van der Waals surface area contributed by atoms with E-state index in [9.17, 15) is 10.1 Å². The van der Waals surface area contributed by atoms with Gasteiger partial charge >= 0.3 is 0 Å². The van der Waals surface area contributed by atoms with Crippen LogP contribution < -0.4 is 5.32 Å². The highest BCUT2D eigenvalue weighted by Crippen LogP contribution is 2.26. The zero-order valence-electron chi connectivity index (χ0n) is 10.7. The summed E-state index contributed by atoms with van der Waals surface area (Å²) in [5, 5.41) is 12.7. The van der Waals surface area contributed by atoms with E-state index in [0.717, 1.165) is 25.7 Å². The summed E-state index contributed by atoms with van der Waals surface area (Å²) < 4.78 is 0. The smallest absolute Gasteiger partial charge is 0.252 e. The lowest BCUT2D eigenvalue weighted by Crippen LogP contribution is -2.40. The van der Waals surface area contributed by atoms with Gasteiger partial charge in [0, 0.05) is 10.6 Å². The summed E-state index contributed by atoms with van der Waals surface area (Å²) in [4.78, 5) is 12.1. The summed E-state index contributed by atoms with van der Waals surface area (Å²) in [5.41, 5.74) is 0.542. The fourth-order valence-corrected chi connectivity index (χ4v) is 2.67. The van der Waals surface area contributed by atoms with Crippen LogP contribution >= 0.6 is 11.6 Å². The third-order valence-corrected chi connectivity index (χ3v) is 3.91. The molecule has 1 N–H and O–H groups in total. The lowest BCUT2D eigenvalue weighted by atomic mass is 9.84. The molecule has 0 aliphatic heterocycles. The van der Waals surface area contributed by atoms with Gasteiger partial charge in [0.25, 0.3) is 5.91 Å². The molecule has 1 fully saturated rings. The van der Waals surface area contributed by atoms with Crippen LogP contribution in [-0.2, 0) is 0 Å². The minimum Gasteiger partial charge on any atom is -0.336 e. The molecule has 1 atom stereocenters. The van der Waals surface area contributed by atoms with Gasteiger partial charge in [0.05, 0.1) is 6.07 Å². The standard InChI is InChI=1S/C15H17ClN2O/c16-13-8-6-12(7-9-13)15(19)18-14(10-17)11-4-2-1-3-5-11/h6-9,11,14H,1-5H2,(H,18,19). The van der Waals surface area contributed by atoms with Crippen LogP contribution in [0.15, 0.2) is 24.3 Å². The Labute approximate surface area is 118 Å². The summed E-state index contributed by atoms with van der Waals surface area (Å²) in [5.74, 6) is 0.0868. The number of hydrogen-bond acceptors (Lipinski definition) is 2. The SMILES string of the molecule is N#CC(NC(=O)c1ccc(Cl)cc1)C1CCCCC1. The Balaban J connectivity index is 1.99. The Hall–Kier alpha value is -1.53. The average Bonchev–Trinajstić information content (AvgIpc) is 2.46. The van der Waals surface area contributed by atoms with Crippen LogP contribution in [0.4, 0.5) is 0 Å². The highest BCUT2D eigenvalue weighted by molar-refractivity contribution is 6.30. The number of halogens is 1. The summed E-state index contributed by atoms with van der Waals surface area (Å²) in [6.07, 6.45) is 5.59. The largest absolute Gasteiger partial charge is 0.336 e. The first-order valence-corrected chi connectivity index (χ1v) is 7.04. The molecule has 0 bridgehead atoms. The molecule has 0 heterocycles. The molecule has 1 aliphatic carbocycles. The molecule has 1 aliphatic rings. The Kier molecular flexibility index (Phi) is 4.81. The summed E-state index contributed by atoms with van der Waals surface area (Å²) in [6.45, 7) is 0. The second-order valence-electron chi connectivity index (χ2n) is 4.99. The van der Waals surface area contributed by atoms with Crippen LogP contribution in [0, 0.1) is 17.2 Å². The van der Waals surface area contributed by atoms with Crippen LogP contribution in [0.3, 0.4) is 0 Å². The van der Waals surface area contributed by atoms with Crippen molar-refractivity contribution in [3.05, 3.63) is 34.9 Å². The molecule has 3 nitrogen and oxygen atoms in total. The first-order chi connectivity index (χ1) is 9.20. The zero-order chi connectivity index (χ0) is 13.7. The van der Waals surface area contributed by atoms with E-state index in [1.54, 1.807) is 24.3 Å². The Morgan fingerprint density at radius 3 is 2.47 bits per heavy atom. The van der Waals surface area contributed by atoms with Gasteiger partial charge in [-0.2, -0.15) is 5.26 Å². The molecule has 1 saturated carbocycles. The van der Waals surface area contributed by atoms with Crippen LogP contribution in [0.5, 0.6) is 0 Å². The third-order valence-electron chi connectivity index (χ3n) is 3.65. The number of nitrogens with zero attached hydrogens (tertiary/aromatic N) is 1. The van der Waals surface area contributed by atoms with Gasteiger partial charge in [-0.15, -0.1) is 0 Å². The molecule has 0 aromatic heterocycles. The van der Waals surface area contributed by atoms with E-state index in [0.29, 0.717) is 10.6 Å². The zero-order valence-corrected chi connectivity index (χ0v) is 11.5. The number of amides is 1. The molecule has 1 aromatic rings. The number of nitrogens with one attached hydrogen (secondary N) is 1. The van der Waals surface area contributed by atoms with Gasteiger partial charge in [0.15, 0.2) is 0 Å². The van der Waals surface area contributed by atoms with E-state index in [-0.39, 0.29) is 17.9 Å². The lowest BCUT2D eigenvalue weighted by molar-refractivity contribution is 0.0929. The maximum Gasteiger partial charge on any atom is 0.252 e. The van der Waals surface area contributed by atoms with Crippen molar-refractivity contribution in [3.63, 3.8) is 0 Å². The van der Waals surface area contributed by atoms with Crippen molar-refractivity contribution in [1.29, 1.82) is 5.26 Å². The number of rotatable bonds is 3. The first-order valence-electron chi connectivity index (χ1n) is 6.67. The molecule has 4 heteroatoms. The van der Waals surface area contributed by atoms with Crippen molar-refractivity contribution in [2.75, 3.05) is 0 Å². The van der Waals surface area contributed by atoms with E-state index in [1.165, 1.54) is 6.42 Å². The lowest BCUT2D eigenvalue weighted by Gasteiger charge is -2.26. The predicted molar refractivity (Wildman–Crippen MR) is 74.9 cm³/mol. The molecule has 19 heavy (non-hydrogen) atoms. The normalized spacial score (nSPS) is 17.5. The predicted octanol–water partition coefficient (Wildman–Crippen LogP) is 3.54. The highest BCUT2D eigenvalue weighted by atomic mass is 35.5. The van der Waals surface area contributed by atoms with Crippen LogP contribution in [0.2, 0.25) is 5.02 Å². The van der Waals surface area contributed by atoms with Crippen LogP contribution in [0.1, 0.15) is 42.5 Å². The second kappa shape index (κ2) is 6.58. The van der Waals surface area contributed by atoms with Crippen molar-refractivity contribution < 1.29 is 4.79 Å². The minimum absolute atomic E-state index is 0.200. The van der Waals surface area contributed by atoms with E-state index >= 15 is 0 Å². The van der Waals surface area contributed by atoms with E-state index in [4.69, 9.17) is 11.6 Å². The summed E-state index contributed by atoms with van der Waals surface area (Å²) >= 11 is 5.79. The van der Waals surface area contributed by atoms with Gasteiger partial charge in [-0.25, -0.2) is 0 Å². The quantitative estimate of drug-likeness (QED) is 0.918. The Bertz CT molecular complexity index is 472. The van der Waals surface area contributed by atoms with E-state index < -0.39 is 0 Å². The number of carbonyl (C=O) groups excluding carboxylic acids is 1. The first kappa shape index (κ1) is 13.9. The van der Waals surface area contributed by atoms with Gasteiger partial charge in [-0.3, -0.25) is 4.79 Å². The molecule has 1 aromatic carbocycles. The molecule has 0 spiro atoms. The maximum absolute atomic E-state index is 12.1.